The molecule has 0 unspecified atom stereocenters. The summed E-state index contributed by atoms with van der Waals surface area (Å²) in [6, 6.07) is 13.4. The number of hydrogen-bond donors (Lipinski definition) is 0. The van der Waals surface area contributed by atoms with E-state index in [4.69, 9.17) is 4.98 Å². The first kappa shape index (κ1) is 16.7. The van der Waals surface area contributed by atoms with Gasteiger partial charge < -0.3 is 4.57 Å². The van der Waals surface area contributed by atoms with Gasteiger partial charge in [0.2, 0.25) is 0 Å². The van der Waals surface area contributed by atoms with Gasteiger partial charge >= 0.3 is 0 Å². The zero-order chi connectivity index (χ0) is 17.4. The van der Waals surface area contributed by atoms with Gasteiger partial charge in [0.15, 0.2) is 0 Å². The Morgan fingerprint density at radius 2 is 1.92 bits per heavy atom. The maximum absolute atomic E-state index is 14.0. The van der Waals surface area contributed by atoms with Crippen molar-refractivity contribution in [2.75, 3.05) is 13.1 Å². The van der Waals surface area contributed by atoms with E-state index in [-0.39, 0.29) is 5.82 Å². The molecule has 0 aliphatic carbocycles. The molecule has 25 heavy (non-hydrogen) atoms. The summed E-state index contributed by atoms with van der Waals surface area (Å²) in [5, 5.41) is 0. The van der Waals surface area contributed by atoms with Crippen molar-refractivity contribution < 1.29 is 4.39 Å². The molecule has 3 aromatic rings. The van der Waals surface area contributed by atoms with Crippen LogP contribution >= 0.6 is 15.9 Å². The van der Waals surface area contributed by atoms with Crippen LogP contribution in [-0.4, -0.2) is 27.5 Å². The average Bonchev–Trinajstić information content (AvgIpc) is 2.92. The second-order valence-corrected chi connectivity index (χ2v) is 7.71. The zero-order valence-electron chi connectivity index (χ0n) is 14.3. The Labute approximate surface area is 155 Å². The molecule has 2 aromatic carbocycles. The molecule has 130 valence electrons. The molecule has 0 N–H and O–H groups in total. The molecule has 0 spiro atoms. The number of benzene rings is 2. The Morgan fingerprint density at radius 3 is 2.68 bits per heavy atom. The quantitative estimate of drug-likeness (QED) is 0.624. The average molecular weight is 402 g/mol. The van der Waals surface area contributed by atoms with Crippen LogP contribution in [0.4, 0.5) is 4.39 Å². The van der Waals surface area contributed by atoms with Gasteiger partial charge in [-0.15, -0.1) is 0 Å². The number of aromatic nitrogens is 2. The number of piperidine rings is 1. The molecule has 0 atom stereocenters. The van der Waals surface area contributed by atoms with Gasteiger partial charge in [0.1, 0.15) is 11.6 Å². The Morgan fingerprint density at radius 1 is 1.16 bits per heavy atom. The van der Waals surface area contributed by atoms with Crippen LogP contribution in [0.3, 0.4) is 0 Å². The van der Waals surface area contributed by atoms with Crippen LogP contribution in [0.1, 0.15) is 30.1 Å². The Kier molecular flexibility index (Phi) is 4.61. The number of fused-ring (bicyclic) bond motifs is 1. The third-order valence-electron chi connectivity index (χ3n) is 5.23. The van der Waals surface area contributed by atoms with E-state index in [1.807, 2.05) is 24.3 Å². The first-order chi connectivity index (χ1) is 12.1. The molecular formula is C20H21BrFN3. The first-order valence-corrected chi connectivity index (χ1v) is 9.49. The number of rotatable bonds is 3. The summed E-state index contributed by atoms with van der Waals surface area (Å²) in [7, 11) is 2.07. The maximum Gasteiger partial charge on any atom is 0.126 e. The Hall–Kier alpha value is -1.72. The third kappa shape index (κ3) is 3.35. The molecule has 1 aliphatic heterocycles. The number of nitrogens with zero attached hydrogens (tertiary/aromatic N) is 3. The predicted octanol–water partition coefficient (Wildman–Crippen LogP) is 4.85. The Bertz CT molecular complexity index is 897. The van der Waals surface area contributed by atoms with E-state index < -0.39 is 0 Å². The van der Waals surface area contributed by atoms with E-state index in [0.29, 0.717) is 5.92 Å². The lowest BCUT2D eigenvalue weighted by atomic mass is 9.89. The molecule has 0 saturated carbocycles. The molecule has 1 aromatic heterocycles. The van der Waals surface area contributed by atoms with Crippen molar-refractivity contribution in [2.45, 2.75) is 25.3 Å². The monoisotopic (exact) mass is 401 g/mol. The lowest BCUT2D eigenvalue weighted by molar-refractivity contribution is 0.197. The van der Waals surface area contributed by atoms with Crippen molar-refractivity contribution in [3.8, 4) is 0 Å². The van der Waals surface area contributed by atoms with Crippen molar-refractivity contribution >= 4 is 27.0 Å². The van der Waals surface area contributed by atoms with E-state index in [9.17, 15) is 4.39 Å². The topological polar surface area (TPSA) is 21.1 Å². The molecule has 5 heteroatoms. The van der Waals surface area contributed by atoms with Gasteiger partial charge in [-0.3, -0.25) is 4.90 Å². The van der Waals surface area contributed by atoms with Crippen molar-refractivity contribution in [1.82, 2.24) is 14.5 Å². The van der Waals surface area contributed by atoms with Gasteiger partial charge in [0, 0.05) is 11.5 Å². The number of hydrogen-bond acceptors (Lipinski definition) is 2. The molecule has 0 radical (unpaired) electrons. The molecule has 0 bridgehead atoms. The maximum atomic E-state index is 14.0. The van der Waals surface area contributed by atoms with E-state index in [1.165, 1.54) is 0 Å². The molecule has 1 fully saturated rings. The second kappa shape index (κ2) is 6.89. The summed E-state index contributed by atoms with van der Waals surface area (Å²) in [4.78, 5) is 7.20. The lowest BCUT2D eigenvalue weighted by Crippen LogP contribution is -2.33. The van der Waals surface area contributed by atoms with E-state index in [0.717, 1.165) is 59.4 Å². The molecular weight excluding hydrogens is 381 g/mol. The number of likely N-dealkylation sites (tertiary alicyclic amines) is 1. The van der Waals surface area contributed by atoms with Crippen LogP contribution < -0.4 is 0 Å². The van der Waals surface area contributed by atoms with Crippen LogP contribution in [0.25, 0.3) is 11.0 Å². The fourth-order valence-corrected chi connectivity index (χ4v) is 4.11. The SMILES string of the molecule is Cn1c(CN2CCC(c3ccccc3F)CC2)nc2ccc(Br)cc21. The zero-order valence-corrected chi connectivity index (χ0v) is 15.8. The van der Waals surface area contributed by atoms with E-state index >= 15 is 0 Å². The highest BCUT2D eigenvalue weighted by Gasteiger charge is 2.23. The molecule has 4 rings (SSSR count). The van der Waals surface area contributed by atoms with Crippen molar-refractivity contribution in [3.63, 3.8) is 0 Å². The van der Waals surface area contributed by atoms with Gasteiger partial charge in [0.05, 0.1) is 17.6 Å². The summed E-state index contributed by atoms with van der Waals surface area (Å²) in [5.74, 6) is 1.34. The predicted molar refractivity (Wildman–Crippen MR) is 102 cm³/mol. The van der Waals surface area contributed by atoms with Gasteiger partial charge in [-0.25, -0.2) is 9.37 Å². The van der Waals surface area contributed by atoms with Crippen molar-refractivity contribution in [2.24, 2.45) is 7.05 Å². The summed E-state index contributed by atoms with van der Waals surface area (Å²) < 4.78 is 17.2. The number of imidazole rings is 1. The third-order valence-corrected chi connectivity index (χ3v) is 5.73. The van der Waals surface area contributed by atoms with Gasteiger partial charge in [0.25, 0.3) is 0 Å². The smallest absolute Gasteiger partial charge is 0.126 e. The molecule has 1 saturated heterocycles. The van der Waals surface area contributed by atoms with Crippen molar-refractivity contribution in [3.05, 3.63) is 64.1 Å². The fraction of sp³-hybridized carbons (Fsp3) is 0.350. The van der Waals surface area contributed by atoms with Crippen LogP contribution in [0.5, 0.6) is 0 Å². The minimum absolute atomic E-state index is 0.0677. The Balaban J connectivity index is 1.45. The largest absolute Gasteiger partial charge is 0.330 e. The molecule has 3 nitrogen and oxygen atoms in total. The van der Waals surface area contributed by atoms with Gasteiger partial charge in [-0.2, -0.15) is 0 Å². The molecule has 1 aliphatic rings. The van der Waals surface area contributed by atoms with Crippen LogP contribution in [0.15, 0.2) is 46.9 Å². The fourth-order valence-electron chi connectivity index (χ4n) is 3.76. The lowest BCUT2D eigenvalue weighted by Gasteiger charge is -2.32. The standard InChI is InChI=1S/C20H21BrFN3/c1-24-19-12-15(21)6-7-18(19)23-20(24)13-25-10-8-14(9-11-25)16-4-2-3-5-17(16)22/h2-7,12,14H,8-11,13H2,1H3. The normalized spacial score (nSPS) is 16.6. The number of aryl methyl sites for hydroxylation is 1. The summed E-state index contributed by atoms with van der Waals surface area (Å²) in [6.07, 6.45) is 1.99. The highest BCUT2D eigenvalue weighted by molar-refractivity contribution is 9.10. The van der Waals surface area contributed by atoms with Gasteiger partial charge in [-0.05, 0) is 61.7 Å². The van der Waals surface area contributed by atoms with Crippen LogP contribution in [-0.2, 0) is 13.6 Å². The minimum atomic E-state index is -0.0677. The summed E-state index contributed by atoms with van der Waals surface area (Å²) in [6.45, 7) is 2.80. The first-order valence-electron chi connectivity index (χ1n) is 8.69. The van der Waals surface area contributed by atoms with E-state index in [2.05, 4.69) is 38.5 Å². The molecule has 2 heterocycles. The van der Waals surface area contributed by atoms with Gasteiger partial charge in [-0.1, -0.05) is 34.1 Å². The van der Waals surface area contributed by atoms with Crippen molar-refractivity contribution in [1.29, 1.82) is 0 Å². The summed E-state index contributed by atoms with van der Waals surface area (Å²) in [5.41, 5.74) is 3.04. The van der Waals surface area contributed by atoms with Crippen LogP contribution in [0, 0.1) is 5.82 Å². The van der Waals surface area contributed by atoms with E-state index in [1.54, 1.807) is 12.1 Å². The minimum Gasteiger partial charge on any atom is -0.330 e. The highest BCUT2D eigenvalue weighted by atomic mass is 79.9. The second-order valence-electron chi connectivity index (χ2n) is 6.79. The number of halogens is 2. The molecule has 0 amide bonds. The van der Waals surface area contributed by atoms with Crippen LogP contribution in [0.2, 0.25) is 0 Å². The summed E-state index contributed by atoms with van der Waals surface area (Å²) >= 11 is 3.53. The highest BCUT2D eigenvalue weighted by Crippen LogP contribution is 2.30.